The molecule has 1 unspecified atom stereocenters. The topological polar surface area (TPSA) is 52.0 Å². The minimum atomic E-state index is -0.479. The standard InChI is InChI=1S/C24H28N2O2/c1-23-14-17(15-27)22(28)24(12-6-7-13-24)19(23)11-10-18-20(26(2)25-21(18)23)16-8-4-3-5-9-16/h3-5,8-9,15,17,19H,6-7,10-14H2,1-2H3/t17?,19-,23+/m1/s1. The van der Waals surface area contributed by atoms with Gasteiger partial charge in [0.25, 0.3) is 0 Å². The van der Waals surface area contributed by atoms with Crippen LogP contribution < -0.4 is 0 Å². The van der Waals surface area contributed by atoms with E-state index in [1.165, 1.54) is 16.8 Å². The number of rotatable bonds is 2. The van der Waals surface area contributed by atoms with Crippen LogP contribution in [0.2, 0.25) is 0 Å². The van der Waals surface area contributed by atoms with Crippen molar-refractivity contribution < 1.29 is 9.59 Å². The van der Waals surface area contributed by atoms with Crippen molar-refractivity contribution in [3.8, 4) is 11.3 Å². The van der Waals surface area contributed by atoms with Crippen molar-refractivity contribution in [3.05, 3.63) is 41.6 Å². The Morgan fingerprint density at radius 3 is 2.57 bits per heavy atom. The lowest BCUT2D eigenvalue weighted by Crippen LogP contribution is -2.57. The van der Waals surface area contributed by atoms with Crippen molar-refractivity contribution in [1.82, 2.24) is 9.78 Å². The summed E-state index contributed by atoms with van der Waals surface area (Å²) >= 11 is 0. The van der Waals surface area contributed by atoms with E-state index in [9.17, 15) is 9.59 Å². The number of ketones is 1. The summed E-state index contributed by atoms with van der Waals surface area (Å²) in [5.41, 5.74) is 4.32. The minimum absolute atomic E-state index is 0.206. The number of aryl methyl sites for hydroxylation is 1. The fourth-order valence-corrected chi connectivity index (χ4v) is 6.92. The van der Waals surface area contributed by atoms with Gasteiger partial charge in [-0.15, -0.1) is 0 Å². The summed E-state index contributed by atoms with van der Waals surface area (Å²) in [6.45, 7) is 2.28. The minimum Gasteiger partial charge on any atom is -0.303 e. The number of aromatic nitrogens is 2. The fraction of sp³-hybridized carbons (Fsp3) is 0.542. The summed E-state index contributed by atoms with van der Waals surface area (Å²) < 4.78 is 2.02. The van der Waals surface area contributed by atoms with Gasteiger partial charge in [-0.25, -0.2) is 0 Å². The number of Topliss-reactive ketones (excluding diaryl/α,β-unsaturated/α-hetero) is 1. The van der Waals surface area contributed by atoms with E-state index in [0.29, 0.717) is 12.3 Å². The molecule has 1 aromatic carbocycles. The lowest BCUT2D eigenvalue weighted by atomic mass is 9.47. The zero-order valence-corrected chi connectivity index (χ0v) is 16.8. The highest BCUT2D eigenvalue weighted by molar-refractivity contribution is 5.99. The molecule has 0 amide bonds. The summed E-state index contributed by atoms with van der Waals surface area (Å²) in [6, 6.07) is 10.5. The molecular weight excluding hydrogens is 348 g/mol. The average molecular weight is 377 g/mol. The molecule has 1 spiro atoms. The third-order valence-electron chi connectivity index (χ3n) is 7.98. The lowest BCUT2D eigenvalue weighted by Gasteiger charge is -2.54. The predicted octanol–water partition coefficient (Wildman–Crippen LogP) is 4.26. The molecule has 0 N–H and O–H groups in total. The smallest absolute Gasteiger partial charge is 0.149 e. The Bertz CT molecular complexity index is 939. The average Bonchev–Trinajstić information content (AvgIpc) is 3.31. The third kappa shape index (κ3) is 2.20. The number of fused-ring (bicyclic) bond motifs is 4. The number of hydrogen-bond donors (Lipinski definition) is 0. The van der Waals surface area contributed by atoms with Crippen LogP contribution in [-0.4, -0.2) is 21.8 Å². The van der Waals surface area contributed by atoms with Crippen LogP contribution in [0.15, 0.2) is 30.3 Å². The summed E-state index contributed by atoms with van der Waals surface area (Å²) in [5.74, 6) is 0.0508. The maximum absolute atomic E-state index is 13.3. The molecular formula is C24H28N2O2. The molecule has 2 aromatic rings. The Morgan fingerprint density at radius 2 is 1.89 bits per heavy atom. The molecule has 1 heterocycles. The summed E-state index contributed by atoms with van der Waals surface area (Å²) in [4.78, 5) is 25.2. The maximum atomic E-state index is 13.3. The molecule has 0 bridgehead atoms. The van der Waals surface area contributed by atoms with Gasteiger partial charge in [-0.1, -0.05) is 50.1 Å². The fourth-order valence-electron chi connectivity index (χ4n) is 6.92. The van der Waals surface area contributed by atoms with Gasteiger partial charge in [-0.3, -0.25) is 9.48 Å². The van der Waals surface area contributed by atoms with Gasteiger partial charge in [-0.05, 0) is 38.0 Å². The van der Waals surface area contributed by atoms with E-state index >= 15 is 0 Å². The second-order valence-electron chi connectivity index (χ2n) is 9.35. The van der Waals surface area contributed by atoms with Gasteiger partial charge in [0, 0.05) is 29.0 Å². The molecule has 0 aliphatic heterocycles. The molecule has 3 atom stereocenters. The van der Waals surface area contributed by atoms with Crippen LogP contribution >= 0.6 is 0 Å². The van der Waals surface area contributed by atoms with Crippen molar-refractivity contribution in [2.75, 3.05) is 0 Å². The van der Waals surface area contributed by atoms with E-state index in [2.05, 4.69) is 31.2 Å². The second kappa shape index (κ2) is 6.13. The molecule has 4 heteroatoms. The highest BCUT2D eigenvalue weighted by Crippen LogP contribution is 2.62. The molecule has 0 radical (unpaired) electrons. The van der Waals surface area contributed by atoms with Crippen LogP contribution in [-0.2, 0) is 28.5 Å². The van der Waals surface area contributed by atoms with Gasteiger partial charge in [0.2, 0.25) is 0 Å². The Hall–Kier alpha value is -2.23. The quantitative estimate of drug-likeness (QED) is 0.581. The molecule has 3 aliphatic rings. The number of carbonyl (C=O) groups is 2. The Kier molecular flexibility index (Phi) is 3.91. The molecule has 28 heavy (non-hydrogen) atoms. The predicted molar refractivity (Wildman–Crippen MR) is 108 cm³/mol. The van der Waals surface area contributed by atoms with Gasteiger partial charge < -0.3 is 4.79 Å². The molecule has 4 nitrogen and oxygen atoms in total. The zero-order chi connectivity index (χ0) is 19.5. The Morgan fingerprint density at radius 1 is 1.18 bits per heavy atom. The normalized spacial score (nSPS) is 30.9. The van der Waals surface area contributed by atoms with Crippen molar-refractivity contribution in [2.24, 2.45) is 24.3 Å². The number of hydrogen-bond acceptors (Lipinski definition) is 3. The van der Waals surface area contributed by atoms with Crippen LogP contribution in [0.4, 0.5) is 0 Å². The van der Waals surface area contributed by atoms with Crippen LogP contribution in [0.3, 0.4) is 0 Å². The second-order valence-corrected chi connectivity index (χ2v) is 9.35. The zero-order valence-electron chi connectivity index (χ0n) is 16.8. The number of benzene rings is 1. The van der Waals surface area contributed by atoms with Crippen LogP contribution in [0, 0.1) is 17.3 Å². The van der Waals surface area contributed by atoms with Crippen LogP contribution in [0.1, 0.15) is 56.7 Å². The summed E-state index contributed by atoms with van der Waals surface area (Å²) in [6.07, 6.45) is 7.62. The van der Waals surface area contributed by atoms with Gasteiger partial charge in [-0.2, -0.15) is 5.10 Å². The first-order chi connectivity index (χ1) is 13.5. The molecule has 1 aromatic heterocycles. The summed E-state index contributed by atoms with van der Waals surface area (Å²) in [7, 11) is 2.02. The van der Waals surface area contributed by atoms with Crippen molar-refractivity contribution >= 4 is 12.1 Å². The van der Waals surface area contributed by atoms with Gasteiger partial charge in [0.15, 0.2) is 0 Å². The van der Waals surface area contributed by atoms with Crippen molar-refractivity contribution in [1.29, 1.82) is 0 Å². The molecule has 2 saturated carbocycles. The molecule has 146 valence electrons. The van der Waals surface area contributed by atoms with Crippen molar-refractivity contribution in [3.63, 3.8) is 0 Å². The van der Waals surface area contributed by atoms with E-state index in [0.717, 1.165) is 50.5 Å². The Balaban J connectivity index is 1.68. The maximum Gasteiger partial charge on any atom is 0.149 e. The van der Waals surface area contributed by atoms with Crippen LogP contribution in [0.5, 0.6) is 0 Å². The van der Waals surface area contributed by atoms with Crippen LogP contribution in [0.25, 0.3) is 11.3 Å². The van der Waals surface area contributed by atoms with Gasteiger partial charge >= 0.3 is 0 Å². The summed E-state index contributed by atoms with van der Waals surface area (Å²) in [5, 5.41) is 5.02. The molecule has 5 rings (SSSR count). The van der Waals surface area contributed by atoms with Gasteiger partial charge in [0.1, 0.15) is 12.1 Å². The van der Waals surface area contributed by atoms with E-state index < -0.39 is 5.92 Å². The number of aldehydes is 1. The molecule has 0 saturated heterocycles. The SMILES string of the molecule is Cn1nc2c(c1-c1ccccc1)CC[C@H]1C3(CCCC3)C(=O)C(C=O)C[C@]21C. The van der Waals surface area contributed by atoms with Crippen molar-refractivity contribution in [2.45, 2.75) is 57.3 Å². The van der Waals surface area contributed by atoms with E-state index in [-0.39, 0.29) is 16.6 Å². The highest BCUT2D eigenvalue weighted by atomic mass is 16.1. The van der Waals surface area contributed by atoms with E-state index in [1.807, 2.05) is 17.8 Å². The molecule has 2 fully saturated rings. The van der Waals surface area contributed by atoms with E-state index in [4.69, 9.17) is 5.10 Å². The first kappa shape index (κ1) is 17.8. The lowest BCUT2D eigenvalue weighted by molar-refractivity contribution is -0.148. The largest absolute Gasteiger partial charge is 0.303 e. The third-order valence-corrected chi connectivity index (χ3v) is 7.98. The Labute approximate surface area is 166 Å². The first-order valence-corrected chi connectivity index (χ1v) is 10.6. The van der Waals surface area contributed by atoms with E-state index in [1.54, 1.807) is 0 Å². The highest BCUT2D eigenvalue weighted by Gasteiger charge is 2.62. The van der Waals surface area contributed by atoms with Gasteiger partial charge in [0.05, 0.1) is 17.3 Å². The monoisotopic (exact) mass is 376 g/mol. The number of carbonyl (C=O) groups excluding carboxylic acids is 2. The first-order valence-electron chi connectivity index (χ1n) is 10.6. The number of nitrogens with zero attached hydrogens (tertiary/aromatic N) is 2. The molecule has 3 aliphatic carbocycles.